The summed E-state index contributed by atoms with van der Waals surface area (Å²) in [6.45, 7) is 0. The zero-order valence-electron chi connectivity index (χ0n) is 9.87. The highest BCUT2D eigenvalue weighted by atomic mass is 32.2. The Morgan fingerprint density at radius 3 is 2.42 bits per heavy atom. The van der Waals surface area contributed by atoms with Crippen molar-refractivity contribution >= 4 is 17.7 Å². The van der Waals surface area contributed by atoms with Gasteiger partial charge in [0.2, 0.25) is 0 Å². The fraction of sp³-hybridized carbons (Fsp3) is 0.273. The van der Waals surface area contributed by atoms with Crippen LogP contribution >= 0.6 is 11.8 Å². The highest BCUT2D eigenvalue weighted by Gasteiger charge is 2.33. The van der Waals surface area contributed by atoms with E-state index in [0.717, 1.165) is 13.2 Å². The molecule has 4 nitrogen and oxygen atoms in total. The number of hydrogen-bond acceptors (Lipinski definition) is 5. The molecule has 0 radical (unpaired) electrons. The summed E-state index contributed by atoms with van der Waals surface area (Å²) < 4.78 is 46.5. The van der Waals surface area contributed by atoms with Crippen molar-refractivity contribution in [2.75, 3.05) is 14.2 Å². The maximum absolute atomic E-state index is 12.4. The number of benzene rings is 1. The fourth-order valence-corrected chi connectivity index (χ4v) is 2.03. The number of methoxy groups -OCH3 is 2. The van der Waals surface area contributed by atoms with Gasteiger partial charge < -0.3 is 9.47 Å². The first-order valence-corrected chi connectivity index (χ1v) is 5.60. The normalized spacial score (nSPS) is 10.7. The average molecular weight is 291 g/mol. The Morgan fingerprint density at radius 2 is 2.00 bits per heavy atom. The van der Waals surface area contributed by atoms with Crippen LogP contribution in [0.5, 0.6) is 5.75 Å². The molecule has 0 saturated heterocycles. The molecule has 0 aromatic heterocycles. The van der Waals surface area contributed by atoms with Crippen molar-refractivity contribution in [3.05, 3.63) is 23.3 Å². The third kappa shape index (κ3) is 3.79. The van der Waals surface area contributed by atoms with Gasteiger partial charge in [0.05, 0.1) is 25.3 Å². The number of carbonyl (C=O) groups excluding carboxylic acids is 1. The molecule has 0 spiro atoms. The molecular weight excluding hydrogens is 283 g/mol. The summed E-state index contributed by atoms with van der Waals surface area (Å²) in [6, 6.07) is 3.86. The summed E-state index contributed by atoms with van der Waals surface area (Å²) in [7, 11) is 2.27. The molecule has 0 unspecified atom stereocenters. The minimum absolute atomic E-state index is 0.0518. The van der Waals surface area contributed by atoms with Crippen LogP contribution in [0.1, 0.15) is 15.9 Å². The van der Waals surface area contributed by atoms with E-state index in [0.29, 0.717) is 0 Å². The van der Waals surface area contributed by atoms with Gasteiger partial charge in [-0.2, -0.15) is 18.4 Å². The van der Waals surface area contributed by atoms with Crippen molar-refractivity contribution in [3.63, 3.8) is 0 Å². The van der Waals surface area contributed by atoms with Crippen molar-refractivity contribution < 1.29 is 27.4 Å². The number of carbonyl (C=O) groups is 1. The van der Waals surface area contributed by atoms with E-state index < -0.39 is 33.7 Å². The molecule has 1 rings (SSSR count). The molecule has 0 amide bonds. The smallest absolute Gasteiger partial charge is 0.446 e. The molecule has 1 aromatic carbocycles. The quantitative estimate of drug-likeness (QED) is 0.633. The number of rotatable bonds is 3. The fourth-order valence-electron chi connectivity index (χ4n) is 1.31. The third-order valence-electron chi connectivity index (χ3n) is 2.05. The Bertz CT molecular complexity index is 537. The molecule has 0 heterocycles. The molecule has 0 aliphatic rings. The minimum atomic E-state index is -4.60. The maximum Gasteiger partial charge on any atom is 0.446 e. The maximum atomic E-state index is 12.4. The van der Waals surface area contributed by atoms with Crippen molar-refractivity contribution in [1.82, 2.24) is 0 Å². The van der Waals surface area contributed by atoms with E-state index in [2.05, 4.69) is 4.74 Å². The molecule has 0 bridgehead atoms. The lowest BCUT2D eigenvalue weighted by molar-refractivity contribution is -0.0328. The molecule has 1 aromatic rings. The van der Waals surface area contributed by atoms with Crippen molar-refractivity contribution in [2.24, 2.45) is 0 Å². The second-order valence-electron chi connectivity index (χ2n) is 3.20. The number of alkyl halides is 3. The Morgan fingerprint density at radius 1 is 1.37 bits per heavy atom. The van der Waals surface area contributed by atoms with Crippen LogP contribution in [0.3, 0.4) is 0 Å². The summed E-state index contributed by atoms with van der Waals surface area (Å²) in [5.74, 6) is -0.957. The average Bonchev–Trinajstić information content (AvgIpc) is 2.34. The lowest BCUT2D eigenvalue weighted by Crippen LogP contribution is -2.09. The molecule has 0 saturated carbocycles. The van der Waals surface area contributed by atoms with Gasteiger partial charge in [0.25, 0.3) is 0 Å². The van der Waals surface area contributed by atoms with Gasteiger partial charge in [0.1, 0.15) is 11.8 Å². The van der Waals surface area contributed by atoms with Crippen molar-refractivity contribution in [1.29, 1.82) is 5.26 Å². The van der Waals surface area contributed by atoms with E-state index in [1.807, 2.05) is 0 Å². The lowest BCUT2D eigenvalue weighted by Gasteiger charge is -2.12. The second kappa shape index (κ2) is 5.84. The lowest BCUT2D eigenvalue weighted by atomic mass is 10.1. The number of esters is 1. The standard InChI is InChI=1S/C11H8F3NO3S/c1-17-7-3-6(5-15)9(10(16)18-2)8(4-7)19-11(12,13)14/h3-4H,1-2H3. The minimum Gasteiger partial charge on any atom is -0.497 e. The van der Waals surface area contributed by atoms with Crippen molar-refractivity contribution in [3.8, 4) is 11.8 Å². The molecular formula is C11H8F3NO3S. The highest BCUT2D eigenvalue weighted by molar-refractivity contribution is 8.00. The van der Waals surface area contributed by atoms with Gasteiger partial charge in [-0.3, -0.25) is 0 Å². The van der Waals surface area contributed by atoms with Crippen molar-refractivity contribution in [2.45, 2.75) is 10.4 Å². The largest absolute Gasteiger partial charge is 0.497 e. The Labute approximate surface area is 111 Å². The highest BCUT2D eigenvalue weighted by Crippen LogP contribution is 2.41. The number of nitriles is 1. The zero-order chi connectivity index (χ0) is 14.6. The van der Waals surface area contributed by atoms with Gasteiger partial charge in [0.15, 0.2) is 0 Å². The molecule has 0 aliphatic heterocycles. The number of ether oxygens (including phenoxy) is 2. The molecule has 0 aliphatic carbocycles. The Balaban J connectivity index is 3.47. The van der Waals surface area contributed by atoms with E-state index in [1.54, 1.807) is 6.07 Å². The Kier molecular flexibility index (Phi) is 4.67. The van der Waals surface area contributed by atoms with Crippen LogP contribution in [0, 0.1) is 11.3 Å². The van der Waals surface area contributed by atoms with E-state index >= 15 is 0 Å². The predicted octanol–water partition coefficient (Wildman–Crippen LogP) is 2.97. The van der Waals surface area contributed by atoms with Gasteiger partial charge >= 0.3 is 11.5 Å². The van der Waals surface area contributed by atoms with Crippen LogP contribution in [-0.4, -0.2) is 25.7 Å². The number of hydrogen-bond donors (Lipinski definition) is 0. The van der Waals surface area contributed by atoms with Crippen LogP contribution in [0.2, 0.25) is 0 Å². The van der Waals surface area contributed by atoms with E-state index in [1.165, 1.54) is 13.2 Å². The Hall–Kier alpha value is -1.88. The number of thioether (sulfide) groups is 1. The summed E-state index contributed by atoms with van der Waals surface area (Å²) in [6.07, 6.45) is 0. The van der Waals surface area contributed by atoms with E-state index in [-0.39, 0.29) is 11.3 Å². The van der Waals surface area contributed by atoms with Gasteiger partial charge in [-0.25, -0.2) is 4.79 Å². The van der Waals surface area contributed by atoms with Gasteiger partial charge in [-0.05, 0) is 23.9 Å². The first-order valence-electron chi connectivity index (χ1n) is 4.78. The first kappa shape index (κ1) is 15.2. The van der Waals surface area contributed by atoms with Crippen LogP contribution in [0.15, 0.2) is 17.0 Å². The summed E-state index contributed by atoms with van der Waals surface area (Å²) in [5.41, 5.74) is -5.26. The SMILES string of the molecule is COC(=O)c1c(C#N)cc(OC)cc1SC(F)(F)F. The van der Waals surface area contributed by atoms with Crippen LogP contribution in [0.4, 0.5) is 13.2 Å². The first-order chi connectivity index (χ1) is 8.82. The summed E-state index contributed by atoms with van der Waals surface area (Å²) >= 11 is -0.502. The topological polar surface area (TPSA) is 59.3 Å². The molecule has 19 heavy (non-hydrogen) atoms. The van der Waals surface area contributed by atoms with Gasteiger partial charge in [0, 0.05) is 4.90 Å². The van der Waals surface area contributed by atoms with Gasteiger partial charge in [-0.15, -0.1) is 0 Å². The molecule has 102 valence electrons. The second-order valence-corrected chi connectivity index (χ2v) is 4.31. The van der Waals surface area contributed by atoms with E-state index in [4.69, 9.17) is 10.00 Å². The number of halogens is 3. The van der Waals surface area contributed by atoms with E-state index in [9.17, 15) is 18.0 Å². The van der Waals surface area contributed by atoms with Crippen LogP contribution in [-0.2, 0) is 4.74 Å². The molecule has 0 fully saturated rings. The number of nitrogens with zero attached hydrogens (tertiary/aromatic N) is 1. The van der Waals surface area contributed by atoms with Crippen LogP contribution < -0.4 is 4.74 Å². The molecule has 8 heteroatoms. The monoisotopic (exact) mass is 291 g/mol. The third-order valence-corrected chi connectivity index (χ3v) is 2.82. The zero-order valence-corrected chi connectivity index (χ0v) is 10.7. The van der Waals surface area contributed by atoms with Gasteiger partial charge in [-0.1, -0.05) is 0 Å². The molecule has 0 atom stereocenters. The molecule has 0 N–H and O–H groups in total. The summed E-state index contributed by atoms with van der Waals surface area (Å²) in [4.78, 5) is 11.1. The summed E-state index contributed by atoms with van der Waals surface area (Å²) in [5, 5.41) is 8.90. The predicted molar refractivity (Wildman–Crippen MR) is 61.0 cm³/mol. The van der Waals surface area contributed by atoms with Crippen LogP contribution in [0.25, 0.3) is 0 Å².